The van der Waals surface area contributed by atoms with E-state index in [2.05, 4.69) is 0 Å². The van der Waals surface area contributed by atoms with Gasteiger partial charge in [-0.1, -0.05) is 6.92 Å². The van der Waals surface area contributed by atoms with E-state index in [1.165, 1.54) is 0 Å². The van der Waals surface area contributed by atoms with Crippen molar-refractivity contribution in [2.75, 3.05) is 13.1 Å². The Kier molecular flexibility index (Phi) is 2.46. The summed E-state index contributed by atoms with van der Waals surface area (Å²) in [6.45, 7) is 2.78. The van der Waals surface area contributed by atoms with Crippen molar-refractivity contribution >= 4 is 5.91 Å². The fraction of sp³-hybridized carbons (Fsp3) is 0.857. The lowest BCUT2D eigenvalue weighted by molar-refractivity contribution is -0.142. The Balaban J connectivity index is 2.31. The highest BCUT2D eigenvalue weighted by molar-refractivity contribution is 5.82. The van der Waals surface area contributed by atoms with Crippen molar-refractivity contribution in [3.05, 3.63) is 0 Å². The monoisotopic (exact) mass is 158 g/mol. The highest BCUT2D eigenvalue weighted by atomic mass is 16.3. The lowest BCUT2D eigenvalue weighted by Gasteiger charge is -2.37. The summed E-state index contributed by atoms with van der Waals surface area (Å²) in [6, 6.07) is -0.387. The van der Waals surface area contributed by atoms with E-state index in [4.69, 9.17) is 10.8 Å². The largest absolute Gasteiger partial charge is 0.389 e. The summed E-state index contributed by atoms with van der Waals surface area (Å²) in [5.74, 6) is -0.0437. The van der Waals surface area contributed by atoms with Gasteiger partial charge in [0, 0.05) is 13.1 Å². The van der Waals surface area contributed by atoms with Crippen LogP contribution in [0.2, 0.25) is 0 Å². The summed E-state index contributed by atoms with van der Waals surface area (Å²) in [7, 11) is 0. The molecule has 0 aromatic heterocycles. The zero-order chi connectivity index (χ0) is 8.43. The van der Waals surface area contributed by atoms with Crippen molar-refractivity contribution in [1.82, 2.24) is 4.90 Å². The van der Waals surface area contributed by atoms with Crippen LogP contribution in [0.5, 0.6) is 0 Å². The molecule has 0 bridgehead atoms. The number of aliphatic hydroxyl groups is 1. The van der Waals surface area contributed by atoms with Crippen LogP contribution in [-0.4, -0.2) is 41.1 Å². The number of nitrogens with two attached hydrogens (primary N) is 1. The molecule has 1 rings (SSSR count). The van der Waals surface area contributed by atoms with Gasteiger partial charge in [0.15, 0.2) is 0 Å². The van der Waals surface area contributed by atoms with Crippen molar-refractivity contribution in [2.45, 2.75) is 25.5 Å². The number of hydrogen-bond donors (Lipinski definition) is 2. The van der Waals surface area contributed by atoms with E-state index in [1.54, 1.807) is 4.90 Å². The molecular formula is C7H14N2O2. The van der Waals surface area contributed by atoms with Gasteiger partial charge in [-0.2, -0.15) is 0 Å². The minimum atomic E-state index is -0.387. The molecule has 0 spiro atoms. The van der Waals surface area contributed by atoms with Crippen LogP contribution in [0.4, 0.5) is 0 Å². The summed E-state index contributed by atoms with van der Waals surface area (Å²) in [5, 5.41) is 8.89. The second kappa shape index (κ2) is 3.19. The molecule has 11 heavy (non-hydrogen) atoms. The third-order valence-electron chi connectivity index (χ3n) is 1.93. The van der Waals surface area contributed by atoms with Crippen molar-refractivity contribution in [3.63, 3.8) is 0 Å². The third kappa shape index (κ3) is 1.70. The van der Waals surface area contributed by atoms with Gasteiger partial charge in [-0.15, -0.1) is 0 Å². The normalized spacial score (nSPS) is 21.2. The van der Waals surface area contributed by atoms with Gasteiger partial charge in [0.2, 0.25) is 5.91 Å². The van der Waals surface area contributed by atoms with Gasteiger partial charge in [-0.05, 0) is 6.42 Å². The molecule has 1 atom stereocenters. The highest BCUT2D eigenvalue weighted by Gasteiger charge is 2.30. The quantitative estimate of drug-likeness (QED) is 0.537. The van der Waals surface area contributed by atoms with Gasteiger partial charge in [-0.3, -0.25) is 4.79 Å². The maximum Gasteiger partial charge on any atom is 0.239 e. The molecule has 4 heteroatoms. The topological polar surface area (TPSA) is 66.6 Å². The van der Waals surface area contributed by atoms with E-state index in [0.29, 0.717) is 19.5 Å². The molecule has 0 aromatic carbocycles. The van der Waals surface area contributed by atoms with Crippen LogP contribution in [0.1, 0.15) is 13.3 Å². The van der Waals surface area contributed by atoms with Gasteiger partial charge < -0.3 is 15.7 Å². The van der Waals surface area contributed by atoms with E-state index in [9.17, 15) is 4.79 Å². The fourth-order valence-corrected chi connectivity index (χ4v) is 1.04. The lowest BCUT2D eigenvalue weighted by atomic mass is 10.1. The van der Waals surface area contributed by atoms with E-state index in [1.807, 2.05) is 6.92 Å². The maximum absolute atomic E-state index is 11.2. The minimum Gasteiger partial charge on any atom is -0.389 e. The summed E-state index contributed by atoms with van der Waals surface area (Å²) in [4.78, 5) is 12.8. The number of carbonyl (C=O) groups is 1. The van der Waals surface area contributed by atoms with Crippen LogP contribution >= 0.6 is 0 Å². The molecule has 0 saturated carbocycles. The van der Waals surface area contributed by atoms with Crippen molar-refractivity contribution in [1.29, 1.82) is 0 Å². The van der Waals surface area contributed by atoms with Crippen LogP contribution in [0.3, 0.4) is 0 Å². The number of amides is 1. The Hall–Kier alpha value is -0.610. The van der Waals surface area contributed by atoms with E-state index in [-0.39, 0.29) is 18.1 Å². The maximum atomic E-state index is 11.2. The zero-order valence-electron chi connectivity index (χ0n) is 6.66. The Morgan fingerprint density at radius 1 is 1.82 bits per heavy atom. The van der Waals surface area contributed by atoms with Crippen molar-refractivity contribution in [3.8, 4) is 0 Å². The van der Waals surface area contributed by atoms with Gasteiger partial charge >= 0.3 is 0 Å². The first kappa shape index (κ1) is 8.49. The number of nitrogens with zero attached hydrogens (tertiary/aromatic N) is 1. The number of carbonyl (C=O) groups excluding carboxylic acids is 1. The Labute approximate surface area is 66.0 Å². The molecule has 3 N–H and O–H groups in total. The first-order valence-electron chi connectivity index (χ1n) is 3.87. The minimum absolute atomic E-state index is 0.0437. The lowest BCUT2D eigenvalue weighted by Crippen LogP contribution is -2.57. The standard InChI is InChI=1S/C7H14N2O2/c1-2-6(8)7(11)9-3-5(10)4-9/h5-6,10H,2-4,8H2,1H3/t6-/m0/s1. The first-order chi connectivity index (χ1) is 5.15. The molecule has 0 aliphatic carbocycles. The number of β-amino-alcohol motifs (C(OH)–C–C–N with tert-alkyl or cyclic N) is 1. The summed E-state index contributed by atoms with van der Waals surface area (Å²) in [6.07, 6.45) is 0.328. The summed E-state index contributed by atoms with van der Waals surface area (Å²) < 4.78 is 0. The smallest absolute Gasteiger partial charge is 0.239 e. The molecule has 1 aliphatic rings. The van der Waals surface area contributed by atoms with Crippen LogP contribution in [0, 0.1) is 0 Å². The number of aliphatic hydroxyl groups excluding tert-OH is 1. The average Bonchev–Trinajstić information content (AvgIpc) is 1.96. The van der Waals surface area contributed by atoms with Crippen molar-refractivity contribution < 1.29 is 9.90 Å². The van der Waals surface area contributed by atoms with E-state index >= 15 is 0 Å². The predicted molar refractivity (Wildman–Crippen MR) is 40.9 cm³/mol. The van der Waals surface area contributed by atoms with Crippen molar-refractivity contribution in [2.24, 2.45) is 5.73 Å². The summed E-state index contributed by atoms with van der Waals surface area (Å²) >= 11 is 0. The van der Waals surface area contributed by atoms with Crippen LogP contribution in [0.25, 0.3) is 0 Å². The molecule has 1 aliphatic heterocycles. The molecule has 0 radical (unpaired) electrons. The van der Waals surface area contributed by atoms with E-state index < -0.39 is 0 Å². The van der Waals surface area contributed by atoms with Gasteiger partial charge in [0.25, 0.3) is 0 Å². The molecule has 0 aromatic rings. The SMILES string of the molecule is CC[C@H](N)C(=O)N1CC(O)C1. The number of likely N-dealkylation sites (tertiary alicyclic amines) is 1. The van der Waals surface area contributed by atoms with Crippen LogP contribution < -0.4 is 5.73 Å². The predicted octanol–water partition coefficient (Wildman–Crippen LogP) is -1.07. The Bertz CT molecular complexity index is 155. The molecule has 0 unspecified atom stereocenters. The molecule has 1 heterocycles. The first-order valence-corrected chi connectivity index (χ1v) is 3.87. The van der Waals surface area contributed by atoms with E-state index in [0.717, 1.165) is 0 Å². The molecule has 1 fully saturated rings. The Morgan fingerprint density at radius 2 is 2.36 bits per heavy atom. The molecule has 1 amide bonds. The second-order valence-corrected chi connectivity index (χ2v) is 2.91. The van der Waals surface area contributed by atoms with Crippen LogP contribution in [0.15, 0.2) is 0 Å². The van der Waals surface area contributed by atoms with Gasteiger partial charge in [0.05, 0.1) is 12.1 Å². The highest BCUT2D eigenvalue weighted by Crippen LogP contribution is 2.09. The van der Waals surface area contributed by atoms with Crippen LogP contribution in [-0.2, 0) is 4.79 Å². The molecule has 4 nitrogen and oxygen atoms in total. The average molecular weight is 158 g/mol. The van der Waals surface area contributed by atoms with Gasteiger partial charge in [-0.25, -0.2) is 0 Å². The molecule has 64 valence electrons. The third-order valence-corrected chi connectivity index (χ3v) is 1.93. The molecule has 1 saturated heterocycles. The number of hydrogen-bond acceptors (Lipinski definition) is 3. The summed E-state index contributed by atoms with van der Waals surface area (Å²) in [5.41, 5.74) is 5.50. The van der Waals surface area contributed by atoms with Gasteiger partial charge in [0.1, 0.15) is 0 Å². The number of rotatable bonds is 2. The Morgan fingerprint density at radius 3 is 2.73 bits per heavy atom. The second-order valence-electron chi connectivity index (χ2n) is 2.91. The zero-order valence-corrected chi connectivity index (χ0v) is 6.66. The fourth-order valence-electron chi connectivity index (χ4n) is 1.04. The molecular weight excluding hydrogens is 144 g/mol.